The highest BCUT2D eigenvalue weighted by Crippen LogP contribution is 2.36. The van der Waals surface area contributed by atoms with Gasteiger partial charge in [-0.15, -0.1) is 0 Å². The monoisotopic (exact) mass is 563 g/mol. The van der Waals surface area contributed by atoms with E-state index in [9.17, 15) is 4.79 Å². The summed E-state index contributed by atoms with van der Waals surface area (Å²) in [5, 5.41) is 14.3. The number of carbonyl (C=O) groups is 1. The molecule has 1 aliphatic rings. The number of aliphatic hydroxyl groups excluding tert-OH is 1. The fraction of sp³-hybridized carbons (Fsp3) is 0.294. The lowest BCUT2D eigenvalue weighted by Crippen LogP contribution is -2.46. The summed E-state index contributed by atoms with van der Waals surface area (Å²) in [5.74, 6) is 1.10. The number of piperazine rings is 1. The van der Waals surface area contributed by atoms with E-state index >= 15 is 0 Å². The largest absolute Gasteiger partial charge is 0.497 e. The topological polar surface area (TPSA) is 82.9 Å². The van der Waals surface area contributed by atoms with Crippen LogP contribution in [0.4, 0.5) is 5.82 Å². The van der Waals surface area contributed by atoms with Crippen molar-refractivity contribution in [3.8, 4) is 17.0 Å². The number of methoxy groups -OCH3 is 1. The Kier molecular flexibility index (Phi) is 8.19. The number of aromatic nitrogens is 2. The van der Waals surface area contributed by atoms with Crippen molar-refractivity contribution in [1.82, 2.24) is 19.4 Å². The molecule has 2 aromatic heterocycles. The van der Waals surface area contributed by atoms with E-state index in [1.54, 1.807) is 7.11 Å². The SMILES string of the molecule is COc1ccc(-c2nc(NC(=O)c3ccc(CN4CCN(CCCO)CC4)cc3)cc3c4ccccc4n(C)c23)cc1. The van der Waals surface area contributed by atoms with Gasteiger partial charge in [0.2, 0.25) is 0 Å². The van der Waals surface area contributed by atoms with E-state index in [1.165, 1.54) is 5.56 Å². The normalized spacial score (nSPS) is 14.5. The van der Waals surface area contributed by atoms with E-state index in [0.29, 0.717) is 11.4 Å². The summed E-state index contributed by atoms with van der Waals surface area (Å²) in [6, 6.07) is 26.0. The van der Waals surface area contributed by atoms with Gasteiger partial charge in [-0.3, -0.25) is 9.69 Å². The highest BCUT2D eigenvalue weighted by Gasteiger charge is 2.19. The van der Waals surface area contributed by atoms with Crippen LogP contribution in [0.3, 0.4) is 0 Å². The second-order valence-corrected chi connectivity index (χ2v) is 10.9. The van der Waals surface area contributed by atoms with Crippen LogP contribution in [0, 0.1) is 0 Å². The number of para-hydroxylation sites is 1. The molecule has 0 atom stereocenters. The second kappa shape index (κ2) is 12.3. The number of hydrogen-bond acceptors (Lipinski definition) is 6. The van der Waals surface area contributed by atoms with E-state index in [4.69, 9.17) is 14.8 Å². The summed E-state index contributed by atoms with van der Waals surface area (Å²) < 4.78 is 7.53. The first kappa shape index (κ1) is 27.9. The van der Waals surface area contributed by atoms with Gasteiger partial charge in [0.25, 0.3) is 5.91 Å². The Labute approximate surface area is 246 Å². The highest BCUT2D eigenvalue weighted by atomic mass is 16.5. The first-order chi connectivity index (χ1) is 20.5. The van der Waals surface area contributed by atoms with Crippen LogP contribution in [0.5, 0.6) is 5.75 Å². The molecule has 0 aliphatic carbocycles. The molecule has 6 rings (SSSR count). The molecule has 0 unspecified atom stereocenters. The van der Waals surface area contributed by atoms with Crippen LogP contribution in [0.15, 0.2) is 78.9 Å². The van der Waals surface area contributed by atoms with Gasteiger partial charge in [-0.1, -0.05) is 30.3 Å². The molecule has 42 heavy (non-hydrogen) atoms. The average molecular weight is 564 g/mol. The van der Waals surface area contributed by atoms with Crippen molar-refractivity contribution in [3.63, 3.8) is 0 Å². The third kappa shape index (κ3) is 5.74. The van der Waals surface area contributed by atoms with Crippen LogP contribution >= 0.6 is 0 Å². The number of ether oxygens (including phenoxy) is 1. The van der Waals surface area contributed by atoms with Gasteiger partial charge in [0.1, 0.15) is 11.6 Å². The minimum absolute atomic E-state index is 0.188. The molecular weight excluding hydrogens is 526 g/mol. The molecule has 0 bridgehead atoms. The first-order valence-electron chi connectivity index (χ1n) is 14.5. The number of nitrogens with one attached hydrogen (secondary N) is 1. The number of pyridine rings is 1. The van der Waals surface area contributed by atoms with Gasteiger partial charge in [-0.2, -0.15) is 0 Å². The van der Waals surface area contributed by atoms with Crippen LogP contribution in [-0.4, -0.2) is 76.8 Å². The maximum Gasteiger partial charge on any atom is 0.256 e. The maximum atomic E-state index is 13.4. The highest BCUT2D eigenvalue weighted by molar-refractivity contribution is 6.14. The van der Waals surface area contributed by atoms with Gasteiger partial charge in [-0.05, 0) is 60.5 Å². The molecule has 3 aromatic carbocycles. The lowest BCUT2D eigenvalue weighted by atomic mass is 10.1. The fourth-order valence-corrected chi connectivity index (χ4v) is 5.89. The molecule has 0 spiro atoms. The summed E-state index contributed by atoms with van der Waals surface area (Å²) >= 11 is 0. The van der Waals surface area contributed by atoms with E-state index in [2.05, 4.69) is 38.9 Å². The molecule has 0 radical (unpaired) electrons. The molecule has 1 saturated heterocycles. The number of carbonyl (C=O) groups excluding carboxylic acids is 1. The zero-order chi connectivity index (χ0) is 29.1. The van der Waals surface area contributed by atoms with Crippen LogP contribution < -0.4 is 10.1 Å². The standard InChI is InChI=1S/C34H37N5O3/c1-37-30-7-4-3-6-28(30)29-22-31(35-32(33(29)37)25-12-14-27(42-2)15-13-25)36-34(41)26-10-8-24(9-11-26)23-39-19-17-38(18-20-39)16-5-21-40/h3-4,6-15,22,40H,5,16-21,23H2,1-2H3,(H,35,36,41). The summed E-state index contributed by atoms with van der Waals surface area (Å²) in [5.41, 5.74) is 5.65. The van der Waals surface area contributed by atoms with Crippen molar-refractivity contribution in [3.05, 3.63) is 90.0 Å². The quantitative estimate of drug-likeness (QED) is 0.258. The van der Waals surface area contributed by atoms with E-state index in [0.717, 1.165) is 84.5 Å². The molecule has 0 saturated carbocycles. The van der Waals surface area contributed by atoms with Gasteiger partial charge in [0, 0.05) is 80.3 Å². The zero-order valence-electron chi connectivity index (χ0n) is 24.2. The van der Waals surface area contributed by atoms with Gasteiger partial charge >= 0.3 is 0 Å². The molecule has 216 valence electrons. The Morgan fingerprint density at radius 2 is 1.64 bits per heavy atom. The van der Waals surface area contributed by atoms with Crippen molar-refractivity contribution < 1.29 is 14.6 Å². The lowest BCUT2D eigenvalue weighted by molar-refractivity contribution is 0.102. The number of benzene rings is 3. The third-order valence-corrected chi connectivity index (χ3v) is 8.21. The summed E-state index contributed by atoms with van der Waals surface area (Å²) in [6.45, 7) is 6.12. The van der Waals surface area contributed by atoms with Crippen LogP contribution in [-0.2, 0) is 13.6 Å². The third-order valence-electron chi connectivity index (χ3n) is 8.21. The summed E-state index contributed by atoms with van der Waals surface area (Å²) in [7, 11) is 3.71. The van der Waals surface area contributed by atoms with Crippen molar-refractivity contribution >= 4 is 33.5 Å². The molecule has 1 aliphatic heterocycles. The van der Waals surface area contributed by atoms with Gasteiger partial charge in [-0.25, -0.2) is 4.98 Å². The zero-order valence-corrected chi connectivity index (χ0v) is 24.2. The first-order valence-corrected chi connectivity index (χ1v) is 14.5. The van der Waals surface area contributed by atoms with Crippen molar-refractivity contribution in [2.24, 2.45) is 7.05 Å². The molecule has 8 heteroatoms. The smallest absolute Gasteiger partial charge is 0.256 e. The average Bonchev–Trinajstić information content (AvgIpc) is 3.32. The number of hydrogen-bond donors (Lipinski definition) is 2. The number of nitrogens with zero attached hydrogens (tertiary/aromatic N) is 4. The second-order valence-electron chi connectivity index (χ2n) is 10.9. The summed E-state index contributed by atoms with van der Waals surface area (Å²) in [4.78, 5) is 23.2. The van der Waals surface area contributed by atoms with Gasteiger partial charge in [0.15, 0.2) is 0 Å². The number of rotatable bonds is 9. The molecule has 1 amide bonds. The predicted octanol–water partition coefficient (Wildman–Crippen LogP) is 5.15. The Morgan fingerprint density at radius 3 is 2.36 bits per heavy atom. The van der Waals surface area contributed by atoms with Gasteiger partial charge < -0.3 is 24.6 Å². The molecule has 3 heterocycles. The number of anilines is 1. The Bertz CT molecular complexity index is 1690. The Balaban J connectivity index is 1.22. The molecule has 1 fully saturated rings. The minimum atomic E-state index is -0.188. The molecule has 8 nitrogen and oxygen atoms in total. The van der Waals surface area contributed by atoms with Crippen LogP contribution in [0.1, 0.15) is 22.3 Å². The van der Waals surface area contributed by atoms with Crippen LogP contribution in [0.25, 0.3) is 33.1 Å². The van der Waals surface area contributed by atoms with Gasteiger partial charge in [0.05, 0.1) is 18.3 Å². The van der Waals surface area contributed by atoms with E-state index in [-0.39, 0.29) is 12.5 Å². The maximum absolute atomic E-state index is 13.4. The lowest BCUT2D eigenvalue weighted by Gasteiger charge is -2.34. The Hall–Kier alpha value is -4.24. The minimum Gasteiger partial charge on any atom is -0.497 e. The van der Waals surface area contributed by atoms with Crippen molar-refractivity contribution in [2.75, 3.05) is 51.8 Å². The van der Waals surface area contributed by atoms with Crippen molar-refractivity contribution in [2.45, 2.75) is 13.0 Å². The molecule has 2 N–H and O–H groups in total. The van der Waals surface area contributed by atoms with Crippen LogP contribution in [0.2, 0.25) is 0 Å². The predicted molar refractivity (Wildman–Crippen MR) is 168 cm³/mol. The number of aryl methyl sites for hydroxylation is 1. The Morgan fingerprint density at radius 1 is 0.929 bits per heavy atom. The van der Waals surface area contributed by atoms with E-state index in [1.807, 2.05) is 66.7 Å². The fourth-order valence-electron chi connectivity index (χ4n) is 5.89. The molecule has 5 aromatic rings. The molecular formula is C34H37N5O3. The number of amides is 1. The summed E-state index contributed by atoms with van der Waals surface area (Å²) in [6.07, 6.45) is 0.831. The number of fused-ring (bicyclic) bond motifs is 3. The van der Waals surface area contributed by atoms with E-state index < -0.39 is 0 Å². The number of aliphatic hydroxyl groups is 1. The van der Waals surface area contributed by atoms with Crippen molar-refractivity contribution in [1.29, 1.82) is 0 Å².